The van der Waals surface area contributed by atoms with Crippen LogP contribution in [0.2, 0.25) is 0 Å². The van der Waals surface area contributed by atoms with Crippen molar-refractivity contribution in [2.24, 2.45) is 0 Å². The zero-order valence-corrected chi connectivity index (χ0v) is 13.6. The lowest BCUT2D eigenvalue weighted by molar-refractivity contribution is -0.112. The fourth-order valence-corrected chi connectivity index (χ4v) is 2.01. The largest absolute Gasteiger partial charge is 0.497 e. The Morgan fingerprint density at radius 3 is 2.29 bits per heavy atom. The highest BCUT2D eigenvalue weighted by atomic mass is 16.5. The summed E-state index contributed by atoms with van der Waals surface area (Å²) in [5, 5.41) is 11.9. The molecule has 1 N–H and O–H groups in total. The summed E-state index contributed by atoms with van der Waals surface area (Å²) < 4.78 is 10.4. The van der Waals surface area contributed by atoms with Gasteiger partial charge in [-0.05, 0) is 55.0 Å². The van der Waals surface area contributed by atoms with Crippen molar-refractivity contribution in [1.29, 1.82) is 5.26 Å². The first-order valence-electron chi connectivity index (χ1n) is 7.46. The second-order valence-electron chi connectivity index (χ2n) is 4.85. The number of hydrogen-bond donors (Lipinski definition) is 1. The average molecular weight is 322 g/mol. The highest BCUT2D eigenvalue weighted by molar-refractivity contribution is 6.09. The molecule has 0 aromatic heterocycles. The monoisotopic (exact) mass is 322 g/mol. The smallest absolute Gasteiger partial charge is 0.266 e. The first-order chi connectivity index (χ1) is 11.7. The fraction of sp³-hybridized carbons (Fsp3) is 0.158. The molecule has 0 aliphatic rings. The molecule has 0 bridgehead atoms. The maximum Gasteiger partial charge on any atom is 0.266 e. The zero-order valence-electron chi connectivity index (χ0n) is 13.6. The van der Waals surface area contributed by atoms with E-state index in [1.54, 1.807) is 55.6 Å². The SMILES string of the molecule is CCOc1ccc(C=C(C#N)C(=O)Nc2ccc(OC)cc2)cc1. The van der Waals surface area contributed by atoms with Gasteiger partial charge < -0.3 is 14.8 Å². The van der Waals surface area contributed by atoms with E-state index in [-0.39, 0.29) is 5.57 Å². The molecule has 0 heterocycles. The number of amides is 1. The van der Waals surface area contributed by atoms with E-state index < -0.39 is 5.91 Å². The van der Waals surface area contributed by atoms with Gasteiger partial charge in [0.2, 0.25) is 0 Å². The van der Waals surface area contributed by atoms with Crippen molar-refractivity contribution in [2.75, 3.05) is 19.0 Å². The van der Waals surface area contributed by atoms with Gasteiger partial charge in [-0.25, -0.2) is 0 Å². The van der Waals surface area contributed by atoms with Gasteiger partial charge >= 0.3 is 0 Å². The normalized spacial score (nSPS) is 10.6. The van der Waals surface area contributed by atoms with Gasteiger partial charge in [0, 0.05) is 5.69 Å². The van der Waals surface area contributed by atoms with E-state index in [0.29, 0.717) is 18.0 Å². The molecule has 2 aromatic rings. The molecular weight excluding hydrogens is 304 g/mol. The van der Waals surface area contributed by atoms with Crippen molar-refractivity contribution < 1.29 is 14.3 Å². The number of ether oxygens (including phenoxy) is 2. The molecule has 0 saturated heterocycles. The third-order valence-electron chi connectivity index (χ3n) is 3.22. The Bertz CT molecular complexity index is 757. The summed E-state index contributed by atoms with van der Waals surface area (Å²) in [6, 6.07) is 16.0. The van der Waals surface area contributed by atoms with Crippen molar-refractivity contribution in [3.8, 4) is 17.6 Å². The molecule has 0 aliphatic heterocycles. The molecule has 5 heteroatoms. The van der Waals surface area contributed by atoms with Crippen molar-refractivity contribution in [3.63, 3.8) is 0 Å². The Balaban J connectivity index is 2.11. The molecule has 0 saturated carbocycles. The van der Waals surface area contributed by atoms with E-state index >= 15 is 0 Å². The van der Waals surface area contributed by atoms with Crippen LogP contribution >= 0.6 is 0 Å². The summed E-state index contributed by atoms with van der Waals surface area (Å²) in [7, 11) is 1.57. The Morgan fingerprint density at radius 1 is 1.12 bits per heavy atom. The molecule has 0 spiro atoms. The maximum atomic E-state index is 12.2. The minimum Gasteiger partial charge on any atom is -0.497 e. The molecule has 5 nitrogen and oxygen atoms in total. The first kappa shape index (κ1) is 17.1. The molecule has 0 aliphatic carbocycles. The molecule has 1 amide bonds. The number of rotatable bonds is 6. The molecule has 0 unspecified atom stereocenters. The number of carbonyl (C=O) groups is 1. The number of benzene rings is 2. The summed E-state index contributed by atoms with van der Waals surface area (Å²) in [4.78, 5) is 12.2. The van der Waals surface area contributed by atoms with Gasteiger partial charge in [0.1, 0.15) is 23.1 Å². The van der Waals surface area contributed by atoms with E-state index in [9.17, 15) is 10.1 Å². The minimum absolute atomic E-state index is 0.0231. The van der Waals surface area contributed by atoms with Crippen LogP contribution < -0.4 is 14.8 Å². The Morgan fingerprint density at radius 2 is 1.75 bits per heavy atom. The van der Waals surface area contributed by atoms with E-state index in [0.717, 1.165) is 11.3 Å². The molecular formula is C19H18N2O3. The molecule has 24 heavy (non-hydrogen) atoms. The molecule has 2 aromatic carbocycles. The fourth-order valence-electron chi connectivity index (χ4n) is 2.01. The lowest BCUT2D eigenvalue weighted by Crippen LogP contribution is -2.13. The van der Waals surface area contributed by atoms with Gasteiger partial charge in [0.25, 0.3) is 5.91 Å². The van der Waals surface area contributed by atoms with Gasteiger partial charge in [0.15, 0.2) is 0 Å². The van der Waals surface area contributed by atoms with Crippen molar-refractivity contribution in [2.45, 2.75) is 6.92 Å². The van der Waals surface area contributed by atoms with Crippen LogP contribution in [0.25, 0.3) is 6.08 Å². The van der Waals surface area contributed by atoms with Gasteiger partial charge in [-0.2, -0.15) is 5.26 Å². The molecule has 2 rings (SSSR count). The van der Waals surface area contributed by atoms with E-state index in [1.807, 2.05) is 13.0 Å². The Kier molecular flexibility index (Phi) is 5.98. The van der Waals surface area contributed by atoms with E-state index in [1.165, 1.54) is 6.08 Å². The van der Waals surface area contributed by atoms with Gasteiger partial charge in [-0.3, -0.25) is 4.79 Å². The highest BCUT2D eigenvalue weighted by Gasteiger charge is 2.09. The predicted molar refractivity (Wildman–Crippen MR) is 92.8 cm³/mol. The number of carbonyl (C=O) groups excluding carboxylic acids is 1. The Hall–Kier alpha value is -3.26. The summed E-state index contributed by atoms with van der Waals surface area (Å²) in [5.74, 6) is 0.978. The average Bonchev–Trinajstić information content (AvgIpc) is 2.62. The van der Waals surface area contributed by atoms with Gasteiger partial charge in [-0.1, -0.05) is 12.1 Å². The lowest BCUT2D eigenvalue weighted by Gasteiger charge is -2.06. The van der Waals surface area contributed by atoms with Crippen molar-refractivity contribution in [1.82, 2.24) is 0 Å². The number of hydrogen-bond acceptors (Lipinski definition) is 4. The number of nitrogens with zero attached hydrogens (tertiary/aromatic N) is 1. The number of nitriles is 1. The minimum atomic E-state index is -0.462. The number of anilines is 1. The van der Waals surface area contributed by atoms with E-state index in [2.05, 4.69) is 5.32 Å². The maximum absolute atomic E-state index is 12.2. The topological polar surface area (TPSA) is 71.3 Å². The van der Waals surface area contributed by atoms with Crippen LogP contribution in [-0.4, -0.2) is 19.6 Å². The van der Waals surface area contributed by atoms with Gasteiger partial charge in [0.05, 0.1) is 13.7 Å². The summed E-state index contributed by atoms with van der Waals surface area (Å²) >= 11 is 0. The summed E-state index contributed by atoms with van der Waals surface area (Å²) in [5.41, 5.74) is 1.36. The van der Waals surface area contributed by atoms with E-state index in [4.69, 9.17) is 9.47 Å². The number of methoxy groups -OCH3 is 1. The molecule has 0 fully saturated rings. The second kappa shape index (κ2) is 8.39. The molecule has 0 radical (unpaired) electrons. The standard InChI is InChI=1S/C19H18N2O3/c1-3-24-18-8-4-14(5-9-18)12-15(13-20)19(22)21-16-6-10-17(23-2)11-7-16/h4-12H,3H2,1-2H3,(H,21,22). The number of nitrogens with one attached hydrogen (secondary N) is 1. The van der Waals surface area contributed by atoms with Crippen LogP contribution in [0.5, 0.6) is 11.5 Å². The highest BCUT2D eigenvalue weighted by Crippen LogP contribution is 2.17. The van der Waals surface area contributed by atoms with Gasteiger partial charge in [-0.15, -0.1) is 0 Å². The van der Waals surface area contributed by atoms with Crippen molar-refractivity contribution >= 4 is 17.7 Å². The molecule has 0 atom stereocenters. The van der Waals surface area contributed by atoms with Crippen LogP contribution in [0.3, 0.4) is 0 Å². The predicted octanol–water partition coefficient (Wildman–Crippen LogP) is 3.64. The third-order valence-corrected chi connectivity index (χ3v) is 3.22. The Labute approximate surface area is 141 Å². The van der Waals surface area contributed by atoms with Crippen LogP contribution in [0.15, 0.2) is 54.1 Å². The van der Waals surface area contributed by atoms with Crippen LogP contribution in [-0.2, 0) is 4.79 Å². The van der Waals surface area contributed by atoms with Crippen LogP contribution in [0.4, 0.5) is 5.69 Å². The quantitative estimate of drug-likeness (QED) is 0.651. The first-order valence-corrected chi connectivity index (χ1v) is 7.46. The van der Waals surface area contributed by atoms with Crippen LogP contribution in [0, 0.1) is 11.3 Å². The van der Waals surface area contributed by atoms with Crippen LogP contribution in [0.1, 0.15) is 12.5 Å². The third kappa shape index (κ3) is 4.62. The zero-order chi connectivity index (χ0) is 17.4. The van der Waals surface area contributed by atoms with Crippen molar-refractivity contribution in [3.05, 3.63) is 59.7 Å². The summed E-state index contributed by atoms with van der Waals surface area (Å²) in [6.07, 6.45) is 1.54. The lowest BCUT2D eigenvalue weighted by atomic mass is 10.1. The molecule has 122 valence electrons. The summed E-state index contributed by atoms with van der Waals surface area (Å²) in [6.45, 7) is 2.49. The second-order valence-corrected chi connectivity index (χ2v) is 4.85.